The Kier molecular flexibility index (Phi) is 5.38. The summed E-state index contributed by atoms with van der Waals surface area (Å²) >= 11 is 0. The molecule has 0 saturated carbocycles. The van der Waals surface area contributed by atoms with Crippen LogP contribution < -0.4 is 15.9 Å². The molecule has 0 spiro atoms. The number of carbonyl (C=O) groups is 2. The second-order valence-electron chi connectivity index (χ2n) is 8.49. The molecule has 2 N–H and O–H groups in total. The van der Waals surface area contributed by atoms with Crippen LogP contribution in [0.25, 0.3) is 11.0 Å². The SMILES string of the molecule is Cc1ccc2oc3c(c(=O)c2c1)[C@@H](c1ccc(OCC(N)=O)cc1)N(C[C@@H]1CCCO1)C3=O. The molecule has 5 rings (SSSR count). The largest absolute Gasteiger partial charge is 0.484 e. The first kappa shape index (κ1) is 21.2. The standard InChI is InChI=1S/C25H24N2O6/c1-14-4-9-19-18(11-14)23(29)21-22(15-5-7-16(8-6-15)32-13-20(26)28)27(25(30)24(21)33-19)12-17-3-2-10-31-17/h4-9,11,17,22H,2-3,10,12-13H2,1H3,(H2,26,28)/t17-,22+/m0/s1. The summed E-state index contributed by atoms with van der Waals surface area (Å²) in [6, 6.07) is 11.7. The van der Waals surface area contributed by atoms with Crippen LogP contribution in [0.2, 0.25) is 0 Å². The molecule has 2 aliphatic rings. The quantitative estimate of drug-likeness (QED) is 0.621. The van der Waals surface area contributed by atoms with Crippen molar-refractivity contribution < 1.29 is 23.5 Å². The van der Waals surface area contributed by atoms with Crippen molar-refractivity contribution in [1.29, 1.82) is 0 Å². The molecule has 2 aliphatic heterocycles. The third-order valence-electron chi connectivity index (χ3n) is 6.12. The van der Waals surface area contributed by atoms with Gasteiger partial charge < -0.3 is 24.5 Å². The Labute approximate surface area is 189 Å². The predicted octanol–water partition coefficient (Wildman–Crippen LogP) is 2.69. The lowest BCUT2D eigenvalue weighted by Gasteiger charge is -2.27. The minimum atomic E-state index is -0.608. The zero-order chi connectivity index (χ0) is 23.1. The van der Waals surface area contributed by atoms with E-state index in [9.17, 15) is 14.4 Å². The number of nitrogens with two attached hydrogens (primary N) is 1. The van der Waals surface area contributed by atoms with Crippen LogP contribution >= 0.6 is 0 Å². The summed E-state index contributed by atoms with van der Waals surface area (Å²) in [6.07, 6.45) is 1.71. The molecule has 0 unspecified atom stereocenters. The lowest BCUT2D eigenvalue weighted by atomic mass is 9.98. The molecule has 1 saturated heterocycles. The predicted molar refractivity (Wildman–Crippen MR) is 120 cm³/mol. The van der Waals surface area contributed by atoms with E-state index in [0.717, 1.165) is 24.0 Å². The molecule has 2 aromatic carbocycles. The summed E-state index contributed by atoms with van der Waals surface area (Å²) in [6.45, 7) is 2.70. The number of ether oxygens (including phenoxy) is 2. The molecular formula is C25H24N2O6. The number of fused-ring (bicyclic) bond motifs is 2. The Morgan fingerprint density at radius 2 is 1.97 bits per heavy atom. The van der Waals surface area contributed by atoms with Crippen molar-refractivity contribution in [2.75, 3.05) is 19.8 Å². The number of nitrogens with zero attached hydrogens (tertiary/aromatic N) is 1. The monoisotopic (exact) mass is 448 g/mol. The molecule has 8 heteroatoms. The van der Waals surface area contributed by atoms with Gasteiger partial charge in [-0.05, 0) is 49.6 Å². The highest BCUT2D eigenvalue weighted by molar-refractivity contribution is 5.99. The van der Waals surface area contributed by atoms with Crippen LogP contribution in [0, 0.1) is 6.92 Å². The number of hydrogen-bond donors (Lipinski definition) is 1. The summed E-state index contributed by atoms with van der Waals surface area (Å²) in [5, 5.41) is 0.451. The molecule has 8 nitrogen and oxygen atoms in total. The molecule has 3 heterocycles. The third kappa shape index (κ3) is 3.87. The fourth-order valence-corrected chi connectivity index (χ4v) is 4.58. The van der Waals surface area contributed by atoms with Crippen LogP contribution in [0.1, 0.15) is 46.1 Å². The average molecular weight is 448 g/mol. The molecule has 170 valence electrons. The van der Waals surface area contributed by atoms with E-state index < -0.39 is 11.9 Å². The Balaban J connectivity index is 1.60. The first-order valence-corrected chi connectivity index (χ1v) is 10.9. The maximum atomic E-state index is 13.6. The van der Waals surface area contributed by atoms with Gasteiger partial charge in [-0.3, -0.25) is 14.4 Å². The summed E-state index contributed by atoms with van der Waals surface area (Å²) in [5.74, 6) is -0.349. The van der Waals surface area contributed by atoms with Gasteiger partial charge in [0.25, 0.3) is 11.8 Å². The first-order valence-electron chi connectivity index (χ1n) is 10.9. The Bertz CT molecular complexity index is 1290. The first-order chi connectivity index (χ1) is 15.9. The molecular weight excluding hydrogens is 424 g/mol. The topological polar surface area (TPSA) is 112 Å². The average Bonchev–Trinajstić information content (AvgIpc) is 3.41. The maximum absolute atomic E-state index is 13.6. The molecule has 33 heavy (non-hydrogen) atoms. The number of primary amides is 1. The van der Waals surface area contributed by atoms with Gasteiger partial charge in [0.15, 0.2) is 12.0 Å². The highest BCUT2D eigenvalue weighted by Gasteiger charge is 2.43. The molecule has 2 atom stereocenters. The lowest BCUT2D eigenvalue weighted by molar-refractivity contribution is -0.119. The van der Waals surface area contributed by atoms with E-state index in [0.29, 0.717) is 35.4 Å². The van der Waals surface area contributed by atoms with E-state index in [-0.39, 0.29) is 29.8 Å². The highest BCUT2D eigenvalue weighted by atomic mass is 16.5. The van der Waals surface area contributed by atoms with Crippen molar-refractivity contribution in [2.24, 2.45) is 5.73 Å². The molecule has 0 aliphatic carbocycles. The number of hydrogen-bond acceptors (Lipinski definition) is 6. The molecule has 0 radical (unpaired) electrons. The van der Waals surface area contributed by atoms with Crippen LogP contribution in [-0.2, 0) is 9.53 Å². The maximum Gasteiger partial charge on any atom is 0.291 e. The summed E-state index contributed by atoms with van der Waals surface area (Å²) in [4.78, 5) is 39.7. The third-order valence-corrected chi connectivity index (χ3v) is 6.12. The van der Waals surface area contributed by atoms with Gasteiger partial charge in [-0.25, -0.2) is 0 Å². The summed E-state index contributed by atoms with van der Waals surface area (Å²) in [7, 11) is 0. The van der Waals surface area contributed by atoms with Crippen LogP contribution in [0.15, 0.2) is 51.7 Å². The van der Waals surface area contributed by atoms with Crippen molar-refractivity contribution in [3.05, 3.63) is 75.1 Å². The minimum absolute atomic E-state index is 0.0772. The number of carbonyl (C=O) groups excluding carboxylic acids is 2. The summed E-state index contributed by atoms with van der Waals surface area (Å²) in [5.41, 5.74) is 7.33. The number of benzene rings is 2. The van der Waals surface area contributed by atoms with Crippen LogP contribution in [0.4, 0.5) is 0 Å². The van der Waals surface area contributed by atoms with Crippen molar-refractivity contribution >= 4 is 22.8 Å². The summed E-state index contributed by atoms with van der Waals surface area (Å²) < 4.78 is 17.1. The van der Waals surface area contributed by atoms with Gasteiger partial charge >= 0.3 is 0 Å². The van der Waals surface area contributed by atoms with Crippen LogP contribution in [0.5, 0.6) is 5.75 Å². The minimum Gasteiger partial charge on any atom is -0.484 e. The van der Waals surface area contributed by atoms with Crippen molar-refractivity contribution in [3.63, 3.8) is 0 Å². The second-order valence-corrected chi connectivity index (χ2v) is 8.49. The highest BCUT2D eigenvalue weighted by Crippen LogP contribution is 2.39. The zero-order valence-electron chi connectivity index (χ0n) is 18.2. The zero-order valence-corrected chi connectivity index (χ0v) is 18.2. The molecule has 1 aromatic heterocycles. The van der Waals surface area contributed by atoms with Gasteiger partial charge in [0, 0.05) is 13.2 Å². The molecule has 3 aromatic rings. The van der Waals surface area contributed by atoms with Gasteiger partial charge in [0.2, 0.25) is 5.76 Å². The van der Waals surface area contributed by atoms with Crippen molar-refractivity contribution in [2.45, 2.75) is 31.9 Å². The van der Waals surface area contributed by atoms with Gasteiger partial charge in [0.1, 0.15) is 11.3 Å². The van der Waals surface area contributed by atoms with Crippen LogP contribution in [0.3, 0.4) is 0 Å². The Morgan fingerprint density at radius 3 is 2.67 bits per heavy atom. The van der Waals surface area contributed by atoms with Gasteiger partial charge in [-0.1, -0.05) is 23.8 Å². The number of amides is 2. The molecule has 1 fully saturated rings. The number of rotatable bonds is 6. The Morgan fingerprint density at radius 1 is 1.18 bits per heavy atom. The Hall–Kier alpha value is -3.65. The second kappa shape index (κ2) is 8.37. The molecule has 2 amide bonds. The van der Waals surface area contributed by atoms with E-state index in [4.69, 9.17) is 19.6 Å². The van der Waals surface area contributed by atoms with E-state index >= 15 is 0 Å². The fourth-order valence-electron chi connectivity index (χ4n) is 4.58. The van der Waals surface area contributed by atoms with Crippen molar-refractivity contribution in [1.82, 2.24) is 4.90 Å². The van der Waals surface area contributed by atoms with E-state index in [2.05, 4.69) is 0 Å². The smallest absolute Gasteiger partial charge is 0.291 e. The lowest BCUT2D eigenvalue weighted by Crippen LogP contribution is -2.36. The fraction of sp³-hybridized carbons (Fsp3) is 0.320. The van der Waals surface area contributed by atoms with E-state index in [1.807, 2.05) is 13.0 Å². The molecule has 0 bridgehead atoms. The van der Waals surface area contributed by atoms with E-state index in [1.54, 1.807) is 41.3 Å². The normalized spacial score (nSPS) is 19.8. The van der Waals surface area contributed by atoms with Gasteiger partial charge in [-0.15, -0.1) is 0 Å². The van der Waals surface area contributed by atoms with Crippen molar-refractivity contribution in [3.8, 4) is 5.75 Å². The van der Waals surface area contributed by atoms with E-state index in [1.165, 1.54) is 0 Å². The number of aryl methyl sites for hydroxylation is 1. The van der Waals surface area contributed by atoms with Gasteiger partial charge in [-0.2, -0.15) is 0 Å². The van der Waals surface area contributed by atoms with Crippen LogP contribution in [-0.4, -0.2) is 42.6 Å². The van der Waals surface area contributed by atoms with Gasteiger partial charge in [0.05, 0.1) is 23.1 Å².